The van der Waals surface area contributed by atoms with E-state index in [-0.39, 0.29) is 30.8 Å². The SMILES string of the molecule is Cc1ccc(CC2=C(COc3ccc(CCC(=O)O)c(C(F)(F)F)c3)COCC2)cc1. The first-order valence-corrected chi connectivity index (χ1v) is 10.1. The number of hydrogen-bond donors (Lipinski definition) is 1. The summed E-state index contributed by atoms with van der Waals surface area (Å²) in [6.45, 7) is 3.18. The van der Waals surface area contributed by atoms with Gasteiger partial charge in [0, 0.05) is 6.42 Å². The molecule has 2 aromatic carbocycles. The van der Waals surface area contributed by atoms with Gasteiger partial charge in [0.15, 0.2) is 0 Å². The van der Waals surface area contributed by atoms with Crippen LogP contribution in [0.25, 0.3) is 0 Å². The zero-order valence-electron chi connectivity index (χ0n) is 17.3. The summed E-state index contributed by atoms with van der Waals surface area (Å²) in [4.78, 5) is 10.7. The van der Waals surface area contributed by atoms with Gasteiger partial charge in [-0.25, -0.2) is 0 Å². The Morgan fingerprint density at radius 3 is 2.55 bits per heavy atom. The fourth-order valence-electron chi connectivity index (χ4n) is 3.52. The van der Waals surface area contributed by atoms with Crippen molar-refractivity contribution in [2.45, 2.75) is 38.8 Å². The quantitative estimate of drug-likeness (QED) is 0.568. The highest BCUT2D eigenvalue weighted by Gasteiger charge is 2.33. The molecule has 0 atom stereocenters. The molecule has 7 heteroatoms. The highest BCUT2D eigenvalue weighted by atomic mass is 19.4. The molecule has 0 unspecified atom stereocenters. The maximum atomic E-state index is 13.4. The number of carboxylic acid groups (broad SMARTS) is 1. The summed E-state index contributed by atoms with van der Waals surface area (Å²) in [7, 11) is 0. The van der Waals surface area contributed by atoms with Gasteiger partial charge in [-0.05, 0) is 55.0 Å². The van der Waals surface area contributed by atoms with Gasteiger partial charge in [0.2, 0.25) is 0 Å². The number of benzene rings is 2. The van der Waals surface area contributed by atoms with E-state index in [9.17, 15) is 18.0 Å². The van der Waals surface area contributed by atoms with Gasteiger partial charge < -0.3 is 14.6 Å². The highest BCUT2D eigenvalue weighted by Crippen LogP contribution is 2.35. The van der Waals surface area contributed by atoms with Gasteiger partial charge in [-0.1, -0.05) is 41.5 Å². The van der Waals surface area contributed by atoms with Crippen LogP contribution in [-0.4, -0.2) is 30.9 Å². The van der Waals surface area contributed by atoms with Crippen molar-refractivity contribution in [3.05, 3.63) is 75.9 Å². The molecular formula is C24H25F3O4. The first-order chi connectivity index (χ1) is 14.7. The molecule has 4 nitrogen and oxygen atoms in total. The maximum Gasteiger partial charge on any atom is 0.416 e. The van der Waals surface area contributed by atoms with Crippen LogP contribution in [0, 0.1) is 6.92 Å². The second-order valence-electron chi connectivity index (χ2n) is 7.67. The predicted molar refractivity (Wildman–Crippen MR) is 110 cm³/mol. The van der Waals surface area contributed by atoms with Crippen LogP contribution < -0.4 is 4.74 Å². The molecule has 1 N–H and O–H groups in total. The van der Waals surface area contributed by atoms with Crippen molar-refractivity contribution in [2.75, 3.05) is 19.8 Å². The molecule has 0 saturated heterocycles. The molecule has 2 aromatic rings. The van der Waals surface area contributed by atoms with Crippen LogP contribution >= 0.6 is 0 Å². The normalized spacial score (nSPS) is 14.6. The van der Waals surface area contributed by atoms with E-state index in [1.165, 1.54) is 28.8 Å². The fraction of sp³-hybridized carbons (Fsp3) is 0.375. The number of aliphatic carboxylic acids is 1. The Labute approximate surface area is 179 Å². The van der Waals surface area contributed by atoms with Gasteiger partial charge in [0.25, 0.3) is 0 Å². The second-order valence-corrected chi connectivity index (χ2v) is 7.67. The molecule has 3 rings (SSSR count). The van der Waals surface area contributed by atoms with E-state index in [0.29, 0.717) is 13.2 Å². The minimum Gasteiger partial charge on any atom is -0.489 e. The minimum atomic E-state index is -4.59. The Morgan fingerprint density at radius 2 is 1.87 bits per heavy atom. The topological polar surface area (TPSA) is 55.8 Å². The van der Waals surface area contributed by atoms with E-state index in [4.69, 9.17) is 14.6 Å². The Balaban J connectivity index is 1.75. The predicted octanol–water partition coefficient (Wildman–Crippen LogP) is 5.37. The van der Waals surface area contributed by atoms with Crippen molar-refractivity contribution < 1.29 is 32.5 Å². The molecule has 0 saturated carbocycles. The number of aryl methyl sites for hydroxylation is 2. The second kappa shape index (κ2) is 10.0. The number of carboxylic acids is 1. The molecule has 0 aromatic heterocycles. The van der Waals surface area contributed by atoms with E-state index in [1.807, 2.05) is 6.92 Å². The van der Waals surface area contributed by atoms with Gasteiger partial charge in [0.1, 0.15) is 12.4 Å². The molecule has 1 aliphatic rings. The van der Waals surface area contributed by atoms with Gasteiger partial charge in [0.05, 0.1) is 18.8 Å². The average Bonchev–Trinajstić information content (AvgIpc) is 2.73. The van der Waals surface area contributed by atoms with Crippen LogP contribution in [-0.2, 0) is 28.5 Å². The molecule has 166 valence electrons. The van der Waals surface area contributed by atoms with Crippen molar-refractivity contribution in [1.29, 1.82) is 0 Å². The van der Waals surface area contributed by atoms with Crippen molar-refractivity contribution in [3.8, 4) is 5.75 Å². The first kappa shape index (κ1) is 22.9. The van der Waals surface area contributed by atoms with Crippen LogP contribution in [0.5, 0.6) is 5.75 Å². The smallest absolute Gasteiger partial charge is 0.416 e. The molecule has 1 aliphatic heterocycles. The molecule has 0 aliphatic carbocycles. The van der Waals surface area contributed by atoms with Crippen molar-refractivity contribution in [2.24, 2.45) is 0 Å². The summed E-state index contributed by atoms with van der Waals surface area (Å²) in [5.74, 6) is -1.04. The summed E-state index contributed by atoms with van der Waals surface area (Å²) in [6, 6.07) is 11.9. The number of rotatable bonds is 8. The molecule has 0 amide bonds. The van der Waals surface area contributed by atoms with Gasteiger partial charge in [-0.15, -0.1) is 0 Å². The number of hydrogen-bond acceptors (Lipinski definition) is 3. The summed E-state index contributed by atoms with van der Waals surface area (Å²) in [5, 5.41) is 8.77. The van der Waals surface area contributed by atoms with Crippen LogP contribution in [0.3, 0.4) is 0 Å². The van der Waals surface area contributed by atoms with Crippen LogP contribution in [0.1, 0.15) is 35.1 Å². The third-order valence-corrected chi connectivity index (χ3v) is 5.27. The highest BCUT2D eigenvalue weighted by molar-refractivity contribution is 5.67. The van der Waals surface area contributed by atoms with Crippen LogP contribution in [0.4, 0.5) is 13.2 Å². The Morgan fingerprint density at radius 1 is 1.13 bits per heavy atom. The Hall–Kier alpha value is -2.80. The third kappa shape index (κ3) is 6.59. The van der Waals surface area contributed by atoms with Gasteiger partial charge >= 0.3 is 12.1 Å². The lowest BCUT2D eigenvalue weighted by Crippen LogP contribution is -2.18. The lowest BCUT2D eigenvalue weighted by atomic mass is 9.96. The molecule has 1 heterocycles. The van der Waals surface area contributed by atoms with Crippen molar-refractivity contribution in [1.82, 2.24) is 0 Å². The number of halogens is 3. The zero-order chi connectivity index (χ0) is 22.4. The molecule has 0 fully saturated rings. The van der Waals surface area contributed by atoms with Crippen LogP contribution in [0.2, 0.25) is 0 Å². The summed E-state index contributed by atoms with van der Waals surface area (Å²) in [6.07, 6.45) is -3.63. The zero-order valence-corrected chi connectivity index (χ0v) is 17.3. The van der Waals surface area contributed by atoms with Gasteiger partial charge in [-0.3, -0.25) is 4.79 Å². The van der Waals surface area contributed by atoms with E-state index >= 15 is 0 Å². The lowest BCUT2D eigenvalue weighted by molar-refractivity contribution is -0.140. The molecular weight excluding hydrogens is 409 g/mol. The largest absolute Gasteiger partial charge is 0.489 e. The monoisotopic (exact) mass is 434 g/mol. The molecule has 0 spiro atoms. The average molecular weight is 434 g/mol. The molecule has 31 heavy (non-hydrogen) atoms. The van der Waals surface area contributed by atoms with E-state index < -0.39 is 17.7 Å². The van der Waals surface area contributed by atoms with Gasteiger partial charge in [-0.2, -0.15) is 13.2 Å². The molecule has 0 bridgehead atoms. The Bertz CT molecular complexity index is 946. The van der Waals surface area contributed by atoms with E-state index in [0.717, 1.165) is 24.5 Å². The van der Waals surface area contributed by atoms with Crippen LogP contribution in [0.15, 0.2) is 53.6 Å². The standard InChI is InChI=1S/C24H25F3O4/c1-16-2-4-17(5-3-16)12-19-10-11-30-14-20(19)15-31-21-8-6-18(7-9-23(28)29)22(13-21)24(25,26)27/h2-6,8,13H,7,9-12,14-15H2,1H3,(H,28,29). The summed E-state index contributed by atoms with van der Waals surface area (Å²) < 4.78 is 51.6. The summed E-state index contributed by atoms with van der Waals surface area (Å²) in [5.41, 5.74) is 3.56. The first-order valence-electron chi connectivity index (χ1n) is 10.1. The molecule has 0 radical (unpaired) electrons. The van der Waals surface area contributed by atoms with Crippen molar-refractivity contribution in [3.63, 3.8) is 0 Å². The number of carbonyl (C=O) groups is 1. The fourth-order valence-corrected chi connectivity index (χ4v) is 3.52. The number of ether oxygens (including phenoxy) is 2. The third-order valence-electron chi connectivity index (χ3n) is 5.27. The summed E-state index contributed by atoms with van der Waals surface area (Å²) >= 11 is 0. The maximum absolute atomic E-state index is 13.4. The Kier molecular flexibility index (Phi) is 7.38. The minimum absolute atomic E-state index is 0.0532. The lowest BCUT2D eigenvalue weighted by Gasteiger charge is -2.22. The van der Waals surface area contributed by atoms with E-state index in [2.05, 4.69) is 24.3 Å². The number of alkyl halides is 3. The van der Waals surface area contributed by atoms with E-state index in [1.54, 1.807) is 0 Å². The van der Waals surface area contributed by atoms with Crippen molar-refractivity contribution >= 4 is 5.97 Å².